The molecule has 1 aliphatic rings. The second-order valence-corrected chi connectivity index (χ2v) is 7.36. The van der Waals surface area contributed by atoms with Gasteiger partial charge in [-0.05, 0) is 53.4 Å². The number of hydrogen-bond acceptors (Lipinski definition) is 5. The molecular formula is C18H16N2O3S2. The Kier molecular flexibility index (Phi) is 5.35. The van der Waals surface area contributed by atoms with E-state index in [9.17, 15) is 14.4 Å². The van der Waals surface area contributed by atoms with Gasteiger partial charge in [-0.1, -0.05) is 25.1 Å². The summed E-state index contributed by atoms with van der Waals surface area (Å²) in [6.45, 7) is 1.74. The number of hydrogen-bond donors (Lipinski definition) is 1. The second kappa shape index (κ2) is 7.67. The topological polar surface area (TPSA) is 66.5 Å². The molecule has 0 saturated carbocycles. The number of carbonyl (C=O) groups excluding carboxylic acids is 3. The summed E-state index contributed by atoms with van der Waals surface area (Å²) in [5.74, 6) is -0.825. The molecule has 0 spiro atoms. The number of imide groups is 1. The van der Waals surface area contributed by atoms with E-state index in [2.05, 4.69) is 5.32 Å². The summed E-state index contributed by atoms with van der Waals surface area (Å²) in [5, 5.41) is 4.20. The zero-order valence-electron chi connectivity index (χ0n) is 13.5. The minimum Gasteiger partial charge on any atom is -0.325 e. The Bertz CT molecular complexity index is 844. The fourth-order valence-electron chi connectivity index (χ4n) is 2.35. The van der Waals surface area contributed by atoms with E-state index in [1.54, 1.807) is 12.1 Å². The molecule has 0 aliphatic carbocycles. The molecule has 5 nitrogen and oxygen atoms in total. The van der Waals surface area contributed by atoms with Crippen LogP contribution in [0.15, 0.2) is 46.7 Å². The van der Waals surface area contributed by atoms with Crippen LogP contribution in [0.3, 0.4) is 0 Å². The van der Waals surface area contributed by atoms with Gasteiger partial charge in [0, 0.05) is 10.6 Å². The first-order valence-electron chi connectivity index (χ1n) is 7.74. The second-order valence-electron chi connectivity index (χ2n) is 5.39. The highest BCUT2D eigenvalue weighted by molar-refractivity contribution is 8.18. The number of amides is 3. The Hall–Kier alpha value is -2.38. The Balaban J connectivity index is 1.66. The number of nitrogens with one attached hydrogen (secondary N) is 1. The molecular weight excluding hydrogens is 356 g/mol. The fraction of sp³-hybridized carbons (Fsp3) is 0.167. The van der Waals surface area contributed by atoms with E-state index in [1.165, 1.54) is 11.3 Å². The van der Waals surface area contributed by atoms with Crippen molar-refractivity contribution in [2.45, 2.75) is 13.3 Å². The lowest BCUT2D eigenvalue weighted by Crippen LogP contribution is -2.36. The summed E-state index contributed by atoms with van der Waals surface area (Å²) in [5.41, 5.74) is 1.76. The van der Waals surface area contributed by atoms with Crippen LogP contribution < -0.4 is 5.32 Å². The van der Waals surface area contributed by atoms with E-state index >= 15 is 0 Å². The van der Waals surface area contributed by atoms with E-state index in [-0.39, 0.29) is 6.54 Å². The Morgan fingerprint density at radius 1 is 1.24 bits per heavy atom. The van der Waals surface area contributed by atoms with Crippen molar-refractivity contribution in [2.24, 2.45) is 0 Å². The van der Waals surface area contributed by atoms with Crippen molar-refractivity contribution >= 4 is 51.9 Å². The van der Waals surface area contributed by atoms with Gasteiger partial charge >= 0.3 is 0 Å². The maximum Gasteiger partial charge on any atom is 0.294 e. The molecule has 1 N–H and O–H groups in total. The minimum absolute atomic E-state index is 0.289. The van der Waals surface area contributed by atoms with Crippen molar-refractivity contribution in [3.05, 3.63) is 57.1 Å². The van der Waals surface area contributed by atoms with Crippen LogP contribution in [-0.2, 0) is 16.0 Å². The van der Waals surface area contributed by atoms with Crippen LogP contribution in [0.4, 0.5) is 10.5 Å². The van der Waals surface area contributed by atoms with Crippen LogP contribution in [0.5, 0.6) is 0 Å². The molecule has 128 valence electrons. The van der Waals surface area contributed by atoms with Gasteiger partial charge in [0.15, 0.2) is 0 Å². The predicted octanol–water partition coefficient (Wildman–Crippen LogP) is 3.99. The highest BCUT2D eigenvalue weighted by Crippen LogP contribution is 2.32. The molecule has 1 aromatic heterocycles. The first-order valence-corrected chi connectivity index (χ1v) is 9.44. The number of nitrogens with zero attached hydrogens (tertiary/aromatic N) is 1. The lowest BCUT2D eigenvalue weighted by molar-refractivity contribution is -0.127. The summed E-state index contributed by atoms with van der Waals surface area (Å²) >= 11 is 2.34. The SMILES string of the molecule is CCc1cccc(NC(=O)CN2C(=O)S/C(=C\c3cccs3)C2=O)c1. The number of carbonyl (C=O) groups is 3. The standard InChI is InChI=1S/C18H16N2O3S2/c1-2-12-5-3-6-13(9-12)19-16(21)11-20-17(22)15(25-18(20)23)10-14-7-4-8-24-14/h3-10H,2,11H2,1H3,(H,19,21)/b15-10-. The maximum atomic E-state index is 12.4. The van der Waals surface area contributed by atoms with Crippen LogP contribution in [0.1, 0.15) is 17.4 Å². The third-order valence-electron chi connectivity index (χ3n) is 3.61. The zero-order chi connectivity index (χ0) is 17.8. The lowest BCUT2D eigenvalue weighted by Gasteiger charge is -2.12. The Morgan fingerprint density at radius 3 is 2.80 bits per heavy atom. The van der Waals surface area contributed by atoms with Crippen LogP contribution in [0.2, 0.25) is 0 Å². The average molecular weight is 372 g/mol. The third kappa shape index (κ3) is 4.18. The van der Waals surface area contributed by atoms with Crippen molar-refractivity contribution in [3.63, 3.8) is 0 Å². The number of anilines is 1. The number of thiophene rings is 1. The first-order chi connectivity index (χ1) is 12.1. The van der Waals surface area contributed by atoms with Gasteiger partial charge in [-0.3, -0.25) is 19.3 Å². The largest absolute Gasteiger partial charge is 0.325 e. The molecule has 1 fully saturated rings. The van der Waals surface area contributed by atoms with Gasteiger partial charge in [0.1, 0.15) is 6.54 Å². The highest BCUT2D eigenvalue weighted by Gasteiger charge is 2.36. The molecule has 1 saturated heterocycles. The van der Waals surface area contributed by atoms with Gasteiger partial charge in [0.2, 0.25) is 5.91 Å². The highest BCUT2D eigenvalue weighted by atomic mass is 32.2. The first kappa shape index (κ1) is 17.4. The lowest BCUT2D eigenvalue weighted by atomic mass is 10.1. The van der Waals surface area contributed by atoms with E-state index in [0.29, 0.717) is 10.6 Å². The molecule has 0 unspecified atom stereocenters. The minimum atomic E-state index is -0.430. The molecule has 3 rings (SSSR count). The van der Waals surface area contributed by atoms with E-state index in [0.717, 1.165) is 33.5 Å². The molecule has 1 aliphatic heterocycles. The van der Waals surface area contributed by atoms with Gasteiger partial charge in [0.05, 0.1) is 4.91 Å². The Labute approximate surface area is 153 Å². The van der Waals surface area contributed by atoms with E-state index in [1.807, 2.05) is 42.6 Å². The maximum absolute atomic E-state index is 12.4. The summed E-state index contributed by atoms with van der Waals surface area (Å²) in [6, 6.07) is 11.2. The average Bonchev–Trinajstić information content (AvgIpc) is 3.19. The summed E-state index contributed by atoms with van der Waals surface area (Å²) in [6.07, 6.45) is 2.54. The van der Waals surface area contributed by atoms with Gasteiger partial charge in [0.25, 0.3) is 11.1 Å². The van der Waals surface area contributed by atoms with Crippen molar-refractivity contribution in [1.82, 2.24) is 4.90 Å². The van der Waals surface area contributed by atoms with Gasteiger partial charge in [-0.25, -0.2) is 0 Å². The third-order valence-corrected chi connectivity index (χ3v) is 5.34. The molecule has 7 heteroatoms. The molecule has 0 bridgehead atoms. The fourth-order valence-corrected chi connectivity index (χ4v) is 3.91. The van der Waals surface area contributed by atoms with Crippen LogP contribution in [0, 0.1) is 0 Å². The van der Waals surface area contributed by atoms with E-state index in [4.69, 9.17) is 0 Å². The molecule has 25 heavy (non-hydrogen) atoms. The number of rotatable bonds is 5. The van der Waals surface area contributed by atoms with Crippen LogP contribution in [-0.4, -0.2) is 28.5 Å². The summed E-state index contributed by atoms with van der Waals surface area (Å²) in [4.78, 5) is 38.8. The number of thioether (sulfide) groups is 1. The van der Waals surface area contributed by atoms with Crippen molar-refractivity contribution in [3.8, 4) is 0 Å². The number of aryl methyl sites for hydroxylation is 1. The smallest absolute Gasteiger partial charge is 0.294 e. The van der Waals surface area contributed by atoms with Gasteiger partial charge in [-0.2, -0.15) is 0 Å². The van der Waals surface area contributed by atoms with Crippen LogP contribution in [0.25, 0.3) is 6.08 Å². The molecule has 1 aromatic carbocycles. The summed E-state index contributed by atoms with van der Waals surface area (Å²) in [7, 11) is 0. The van der Waals surface area contributed by atoms with Crippen molar-refractivity contribution < 1.29 is 14.4 Å². The zero-order valence-corrected chi connectivity index (χ0v) is 15.2. The van der Waals surface area contributed by atoms with Crippen LogP contribution >= 0.6 is 23.1 Å². The van der Waals surface area contributed by atoms with E-state index < -0.39 is 17.1 Å². The monoisotopic (exact) mass is 372 g/mol. The summed E-state index contributed by atoms with van der Waals surface area (Å²) < 4.78 is 0. The molecule has 0 atom stereocenters. The van der Waals surface area contributed by atoms with Gasteiger partial charge < -0.3 is 5.32 Å². The van der Waals surface area contributed by atoms with Crippen molar-refractivity contribution in [1.29, 1.82) is 0 Å². The molecule has 0 radical (unpaired) electrons. The quantitative estimate of drug-likeness (QED) is 0.806. The number of benzene rings is 1. The normalized spacial score (nSPS) is 15.9. The Morgan fingerprint density at radius 2 is 2.08 bits per heavy atom. The molecule has 2 aromatic rings. The van der Waals surface area contributed by atoms with Crippen molar-refractivity contribution in [2.75, 3.05) is 11.9 Å². The predicted molar refractivity (Wildman–Crippen MR) is 101 cm³/mol. The van der Waals surface area contributed by atoms with Gasteiger partial charge in [-0.15, -0.1) is 11.3 Å². The molecule has 2 heterocycles. The molecule has 3 amide bonds.